The van der Waals surface area contributed by atoms with Gasteiger partial charge in [0, 0.05) is 5.56 Å². The summed E-state index contributed by atoms with van der Waals surface area (Å²) in [7, 11) is 0. The van der Waals surface area contributed by atoms with Crippen molar-refractivity contribution in [3.05, 3.63) is 102 Å². The Hall–Kier alpha value is -4.14. The van der Waals surface area contributed by atoms with Crippen molar-refractivity contribution in [1.29, 1.82) is 0 Å². The Balaban J connectivity index is 1.40. The molecule has 37 heavy (non-hydrogen) atoms. The highest BCUT2D eigenvalue weighted by Gasteiger charge is 2.37. The molecule has 1 amide bonds. The first-order valence-electron chi connectivity index (χ1n) is 11.8. The number of hydrogen-bond donors (Lipinski definition) is 1. The molecule has 190 valence electrons. The van der Waals surface area contributed by atoms with Crippen LogP contribution in [-0.2, 0) is 10.9 Å². The number of alkyl halides is 3. The largest absolute Gasteiger partial charge is 0.441 e. The Labute approximate surface area is 210 Å². The van der Waals surface area contributed by atoms with Gasteiger partial charge < -0.3 is 4.74 Å². The molecule has 1 aromatic heterocycles. The first-order valence-corrected chi connectivity index (χ1v) is 11.8. The van der Waals surface area contributed by atoms with Gasteiger partial charge in [0.25, 0.3) is 0 Å². The Bertz CT molecular complexity index is 1410. The predicted octanol–water partition coefficient (Wildman–Crippen LogP) is 7.88. The van der Waals surface area contributed by atoms with Gasteiger partial charge in [0.05, 0.1) is 11.9 Å². The third kappa shape index (κ3) is 5.35. The smallest absolute Gasteiger partial charge is 0.421 e. The summed E-state index contributed by atoms with van der Waals surface area (Å²) < 4.78 is 62.0. The average molecular weight is 510 g/mol. The van der Waals surface area contributed by atoms with Crippen LogP contribution in [-0.4, -0.2) is 15.9 Å². The van der Waals surface area contributed by atoms with Crippen LogP contribution >= 0.6 is 0 Å². The van der Waals surface area contributed by atoms with Gasteiger partial charge in [-0.05, 0) is 60.6 Å². The van der Waals surface area contributed by atoms with E-state index in [1.807, 2.05) is 6.07 Å². The first-order chi connectivity index (χ1) is 17.7. The van der Waals surface area contributed by atoms with Crippen LogP contribution in [0.1, 0.15) is 48.5 Å². The molecule has 0 radical (unpaired) electrons. The lowest BCUT2D eigenvalue weighted by Gasteiger charge is -2.16. The Kier molecular flexibility index (Phi) is 6.45. The minimum absolute atomic E-state index is 0.251. The maximum absolute atomic E-state index is 14.7. The van der Waals surface area contributed by atoms with E-state index < -0.39 is 29.8 Å². The van der Waals surface area contributed by atoms with Crippen LogP contribution in [0.2, 0.25) is 0 Å². The molecule has 3 aromatic carbocycles. The number of hydrogen-bond acceptors (Lipinski definition) is 3. The molecule has 1 N–H and O–H groups in total. The maximum Gasteiger partial charge on any atom is 0.421 e. The highest BCUT2D eigenvalue weighted by molar-refractivity contribution is 5.85. The highest BCUT2D eigenvalue weighted by atomic mass is 19.4. The second kappa shape index (κ2) is 9.72. The Morgan fingerprint density at radius 3 is 2.38 bits per heavy atom. The average Bonchev–Trinajstić information content (AvgIpc) is 3.64. The molecule has 1 aliphatic rings. The lowest BCUT2D eigenvalue weighted by atomic mass is 10.0. The Morgan fingerprint density at radius 2 is 1.76 bits per heavy atom. The molecule has 1 heterocycles. The van der Waals surface area contributed by atoms with Crippen molar-refractivity contribution in [3.8, 4) is 16.8 Å². The molecule has 0 aliphatic heterocycles. The summed E-state index contributed by atoms with van der Waals surface area (Å²) in [4.78, 5) is 12.5. The number of benzene rings is 3. The van der Waals surface area contributed by atoms with Gasteiger partial charge in [0.15, 0.2) is 5.82 Å². The van der Waals surface area contributed by atoms with Gasteiger partial charge in [0.1, 0.15) is 17.5 Å². The van der Waals surface area contributed by atoms with Crippen molar-refractivity contribution in [1.82, 2.24) is 9.78 Å². The lowest BCUT2D eigenvalue weighted by Crippen LogP contribution is -2.20. The number of aromatic nitrogens is 2. The van der Waals surface area contributed by atoms with E-state index in [0.717, 1.165) is 23.1 Å². The van der Waals surface area contributed by atoms with Gasteiger partial charge >= 0.3 is 12.3 Å². The van der Waals surface area contributed by atoms with Crippen molar-refractivity contribution >= 4 is 11.9 Å². The lowest BCUT2D eigenvalue weighted by molar-refractivity contribution is -0.136. The predicted molar refractivity (Wildman–Crippen MR) is 131 cm³/mol. The van der Waals surface area contributed by atoms with E-state index in [1.54, 1.807) is 55.5 Å². The SMILES string of the molecule is C[C@@H](OC(=O)Nc1c(C(F)(F)F)cnn1-c1ccc(-c2ccc(C3CC3)cc2F)cc1)c1ccccc1. The van der Waals surface area contributed by atoms with Crippen molar-refractivity contribution < 1.29 is 27.1 Å². The summed E-state index contributed by atoms with van der Waals surface area (Å²) in [6.45, 7) is 1.62. The maximum atomic E-state index is 14.7. The number of amides is 1. The summed E-state index contributed by atoms with van der Waals surface area (Å²) in [6, 6.07) is 20.2. The van der Waals surface area contributed by atoms with E-state index in [9.17, 15) is 22.4 Å². The molecule has 0 saturated heterocycles. The summed E-state index contributed by atoms with van der Waals surface area (Å²) in [5.74, 6) is -0.513. The van der Waals surface area contributed by atoms with Gasteiger partial charge in [0.2, 0.25) is 0 Å². The van der Waals surface area contributed by atoms with Crippen molar-refractivity contribution in [3.63, 3.8) is 0 Å². The molecule has 1 fully saturated rings. The summed E-state index contributed by atoms with van der Waals surface area (Å²) in [5, 5.41) is 6.06. The van der Waals surface area contributed by atoms with Crippen LogP contribution in [0.25, 0.3) is 16.8 Å². The standard InChI is InChI=1S/C28H23F4N3O2/c1-17(18-5-3-2-4-6-18)37-27(36)34-26-24(28(30,31)32)16-33-35(26)22-12-9-20(10-13-22)23-14-11-21(15-25(23)29)19-7-8-19/h2-6,9-17,19H,7-8H2,1H3,(H,34,36)/t17-/m1/s1. The summed E-state index contributed by atoms with van der Waals surface area (Å²) in [5.41, 5.74) is 1.75. The molecule has 1 saturated carbocycles. The molecule has 0 bridgehead atoms. The van der Waals surface area contributed by atoms with Crippen molar-refractivity contribution in [2.75, 3.05) is 5.32 Å². The number of halogens is 4. The van der Waals surface area contributed by atoms with E-state index in [1.165, 1.54) is 18.2 Å². The second-order valence-electron chi connectivity index (χ2n) is 8.96. The second-order valence-corrected chi connectivity index (χ2v) is 8.96. The fraction of sp³-hybridized carbons (Fsp3) is 0.214. The molecule has 4 aromatic rings. The van der Waals surface area contributed by atoms with Gasteiger partial charge in [-0.1, -0.05) is 54.6 Å². The van der Waals surface area contributed by atoms with Crippen molar-refractivity contribution in [2.24, 2.45) is 0 Å². The van der Waals surface area contributed by atoms with E-state index in [-0.39, 0.29) is 11.5 Å². The molecule has 1 aliphatic carbocycles. The Morgan fingerprint density at radius 1 is 1.05 bits per heavy atom. The molecule has 5 rings (SSSR count). The molecular formula is C28H23F4N3O2. The summed E-state index contributed by atoms with van der Waals surface area (Å²) >= 11 is 0. The van der Waals surface area contributed by atoms with Crippen LogP contribution in [0.4, 0.5) is 28.2 Å². The minimum atomic E-state index is -4.77. The molecule has 0 unspecified atom stereocenters. The topological polar surface area (TPSA) is 56.1 Å². The van der Waals surface area contributed by atoms with E-state index in [2.05, 4.69) is 10.4 Å². The number of carbonyl (C=O) groups is 1. The zero-order valence-corrected chi connectivity index (χ0v) is 19.8. The van der Waals surface area contributed by atoms with Crippen molar-refractivity contribution in [2.45, 2.75) is 38.0 Å². The zero-order valence-electron chi connectivity index (χ0n) is 19.8. The summed E-state index contributed by atoms with van der Waals surface area (Å²) in [6.07, 6.45) is -3.75. The number of carbonyl (C=O) groups excluding carboxylic acids is 1. The molecule has 9 heteroatoms. The van der Waals surface area contributed by atoms with Gasteiger partial charge in [-0.3, -0.25) is 5.32 Å². The zero-order chi connectivity index (χ0) is 26.2. The third-order valence-electron chi connectivity index (χ3n) is 6.31. The number of rotatable bonds is 6. The van der Waals surface area contributed by atoms with Gasteiger partial charge in [-0.15, -0.1) is 0 Å². The normalized spacial score (nSPS) is 14.3. The molecular weight excluding hydrogens is 486 g/mol. The number of ether oxygens (including phenoxy) is 1. The van der Waals surface area contributed by atoms with Gasteiger partial charge in [-0.2, -0.15) is 18.3 Å². The van der Waals surface area contributed by atoms with Crippen LogP contribution in [0.3, 0.4) is 0 Å². The highest BCUT2D eigenvalue weighted by Crippen LogP contribution is 2.41. The third-order valence-corrected chi connectivity index (χ3v) is 6.31. The van der Waals surface area contributed by atoms with E-state index >= 15 is 0 Å². The quantitative estimate of drug-likeness (QED) is 0.269. The first kappa shape index (κ1) is 24.5. The molecule has 5 nitrogen and oxygen atoms in total. The minimum Gasteiger partial charge on any atom is -0.441 e. The van der Waals surface area contributed by atoms with Crippen LogP contribution in [0, 0.1) is 5.82 Å². The van der Waals surface area contributed by atoms with Crippen LogP contribution in [0.15, 0.2) is 79.0 Å². The number of nitrogens with one attached hydrogen (secondary N) is 1. The van der Waals surface area contributed by atoms with Gasteiger partial charge in [-0.25, -0.2) is 13.9 Å². The fourth-order valence-electron chi connectivity index (χ4n) is 4.17. The fourth-order valence-corrected chi connectivity index (χ4v) is 4.17. The monoisotopic (exact) mass is 509 g/mol. The van der Waals surface area contributed by atoms with E-state index in [0.29, 0.717) is 28.8 Å². The number of anilines is 1. The number of nitrogens with zero attached hydrogens (tertiary/aromatic N) is 2. The van der Waals surface area contributed by atoms with Crippen LogP contribution in [0.5, 0.6) is 0 Å². The molecule has 1 atom stereocenters. The molecule has 0 spiro atoms. The van der Waals surface area contributed by atoms with Crippen LogP contribution < -0.4 is 5.32 Å². The van der Waals surface area contributed by atoms with E-state index in [4.69, 9.17) is 4.74 Å².